The summed E-state index contributed by atoms with van der Waals surface area (Å²) in [4.78, 5) is 8.22. The second-order valence-electron chi connectivity index (χ2n) is 9.20. The number of benzene rings is 2. The van der Waals surface area contributed by atoms with Gasteiger partial charge >= 0.3 is 0 Å². The van der Waals surface area contributed by atoms with Crippen LogP contribution in [0.2, 0.25) is 0 Å². The average Bonchev–Trinajstić information content (AvgIpc) is 3.22. The van der Waals surface area contributed by atoms with E-state index in [1.165, 1.54) is 28.6 Å². The highest BCUT2D eigenvalue weighted by molar-refractivity contribution is 5.91. The lowest BCUT2D eigenvalue weighted by Gasteiger charge is -2.29. The Kier molecular flexibility index (Phi) is 5.10. The third-order valence-electron chi connectivity index (χ3n) is 6.93. The van der Waals surface area contributed by atoms with Crippen molar-refractivity contribution in [3.8, 4) is 17.2 Å². The van der Waals surface area contributed by atoms with E-state index in [1.54, 1.807) is 7.11 Å². The second-order valence-corrected chi connectivity index (χ2v) is 9.20. The molecule has 6 heteroatoms. The van der Waals surface area contributed by atoms with Gasteiger partial charge in [0, 0.05) is 34.2 Å². The van der Waals surface area contributed by atoms with Gasteiger partial charge < -0.3 is 24.5 Å². The summed E-state index contributed by atoms with van der Waals surface area (Å²) in [5.41, 5.74) is 5.90. The fourth-order valence-corrected chi connectivity index (χ4v) is 5.28. The molecular weight excluding hydrogens is 414 g/mol. The SMILES string of the molecule is COc1cccc2[nH]c3c(c12)C[C@@H](CNC[C@H]1COc2ccc4nc(C)ccc4c2O1)CC3. The molecule has 1 aliphatic heterocycles. The van der Waals surface area contributed by atoms with Crippen LogP contribution in [0.5, 0.6) is 17.2 Å². The van der Waals surface area contributed by atoms with Crippen molar-refractivity contribution >= 4 is 21.8 Å². The minimum Gasteiger partial charge on any atom is -0.496 e. The smallest absolute Gasteiger partial charge is 0.171 e. The number of ether oxygens (including phenoxy) is 3. The van der Waals surface area contributed by atoms with Crippen molar-refractivity contribution in [2.45, 2.75) is 32.3 Å². The van der Waals surface area contributed by atoms with E-state index < -0.39 is 0 Å². The molecule has 3 heterocycles. The van der Waals surface area contributed by atoms with Crippen LogP contribution in [0.1, 0.15) is 23.4 Å². The quantitative estimate of drug-likeness (QED) is 0.473. The van der Waals surface area contributed by atoms with Gasteiger partial charge in [-0.3, -0.25) is 4.98 Å². The number of nitrogens with zero attached hydrogens (tertiary/aromatic N) is 1. The molecular formula is C27H29N3O3. The Morgan fingerprint density at radius 1 is 1.15 bits per heavy atom. The number of hydrogen-bond donors (Lipinski definition) is 2. The maximum absolute atomic E-state index is 6.36. The maximum Gasteiger partial charge on any atom is 0.171 e. The highest BCUT2D eigenvalue weighted by atomic mass is 16.6. The standard InChI is InChI=1S/C27H29N3O3/c1-16-6-8-19-21(29-16)10-11-25-27(19)33-18(15-32-25)14-28-13-17-7-9-22-20(12-17)26-23(30-22)4-3-5-24(26)31-2/h3-6,8,10-11,17-18,28,30H,7,9,12-15H2,1-2H3/t17-,18-/m0/s1. The number of rotatable bonds is 5. The number of aromatic amines is 1. The summed E-state index contributed by atoms with van der Waals surface area (Å²) < 4.78 is 18.0. The first-order valence-electron chi connectivity index (χ1n) is 11.8. The van der Waals surface area contributed by atoms with E-state index >= 15 is 0 Å². The van der Waals surface area contributed by atoms with E-state index in [2.05, 4.69) is 33.5 Å². The molecule has 170 valence electrons. The minimum atomic E-state index is -0.0169. The van der Waals surface area contributed by atoms with Crippen molar-refractivity contribution in [1.82, 2.24) is 15.3 Å². The highest BCUT2D eigenvalue weighted by Crippen LogP contribution is 2.39. The number of aryl methyl sites for hydroxylation is 2. The zero-order chi connectivity index (χ0) is 22.4. The first-order chi connectivity index (χ1) is 16.2. The van der Waals surface area contributed by atoms with Crippen LogP contribution in [0, 0.1) is 12.8 Å². The number of hydrogen-bond acceptors (Lipinski definition) is 5. The summed E-state index contributed by atoms with van der Waals surface area (Å²) in [5, 5.41) is 5.91. The Bertz CT molecular complexity index is 1330. The summed E-state index contributed by atoms with van der Waals surface area (Å²) in [6.07, 6.45) is 3.30. The first kappa shape index (κ1) is 20.4. The third-order valence-corrected chi connectivity index (χ3v) is 6.93. The lowest BCUT2D eigenvalue weighted by molar-refractivity contribution is 0.0915. The molecule has 2 aliphatic rings. The summed E-state index contributed by atoms with van der Waals surface area (Å²) in [5.74, 6) is 3.16. The van der Waals surface area contributed by atoms with Crippen LogP contribution in [0.15, 0.2) is 42.5 Å². The molecule has 0 bridgehead atoms. The van der Waals surface area contributed by atoms with Crippen LogP contribution in [0.25, 0.3) is 21.8 Å². The van der Waals surface area contributed by atoms with Gasteiger partial charge in [-0.2, -0.15) is 0 Å². The Morgan fingerprint density at radius 3 is 3.00 bits per heavy atom. The number of aromatic nitrogens is 2. The lowest BCUT2D eigenvalue weighted by Crippen LogP contribution is -2.40. The topological polar surface area (TPSA) is 68.4 Å². The zero-order valence-electron chi connectivity index (χ0n) is 19.1. The molecule has 0 radical (unpaired) electrons. The minimum absolute atomic E-state index is 0.0169. The molecule has 6 rings (SSSR count). The van der Waals surface area contributed by atoms with Crippen LogP contribution in [0.3, 0.4) is 0 Å². The highest BCUT2D eigenvalue weighted by Gasteiger charge is 2.26. The zero-order valence-corrected chi connectivity index (χ0v) is 19.1. The normalized spacial score (nSPS) is 19.6. The molecule has 33 heavy (non-hydrogen) atoms. The van der Waals surface area contributed by atoms with Crippen LogP contribution >= 0.6 is 0 Å². The van der Waals surface area contributed by atoms with Gasteiger partial charge in [0.2, 0.25) is 0 Å². The van der Waals surface area contributed by atoms with Crippen molar-refractivity contribution in [1.29, 1.82) is 0 Å². The predicted molar refractivity (Wildman–Crippen MR) is 130 cm³/mol. The fraction of sp³-hybridized carbons (Fsp3) is 0.370. The number of nitrogens with one attached hydrogen (secondary N) is 2. The summed E-state index contributed by atoms with van der Waals surface area (Å²) in [6.45, 7) is 4.28. The molecule has 2 atom stereocenters. The number of pyridine rings is 1. The van der Waals surface area contributed by atoms with Crippen LogP contribution < -0.4 is 19.5 Å². The second kappa shape index (κ2) is 8.27. The molecule has 0 amide bonds. The molecule has 0 fully saturated rings. The van der Waals surface area contributed by atoms with Crippen LogP contribution in [0.4, 0.5) is 0 Å². The Hall–Kier alpha value is -3.25. The van der Waals surface area contributed by atoms with Crippen LogP contribution in [-0.4, -0.2) is 42.9 Å². The van der Waals surface area contributed by atoms with Crippen LogP contribution in [-0.2, 0) is 12.8 Å². The average molecular weight is 444 g/mol. The molecule has 0 saturated carbocycles. The van der Waals surface area contributed by atoms with Crippen molar-refractivity contribution in [2.24, 2.45) is 5.92 Å². The Balaban J connectivity index is 1.11. The van der Waals surface area contributed by atoms with Gasteiger partial charge in [0.05, 0.1) is 12.6 Å². The van der Waals surface area contributed by atoms with Gasteiger partial charge in [-0.1, -0.05) is 6.07 Å². The number of fused-ring (bicyclic) bond motifs is 6. The Labute approximate surface area is 193 Å². The Morgan fingerprint density at radius 2 is 2.09 bits per heavy atom. The fourth-order valence-electron chi connectivity index (χ4n) is 5.28. The number of methoxy groups -OCH3 is 1. The van der Waals surface area contributed by atoms with Crippen molar-refractivity contribution in [3.05, 3.63) is 59.4 Å². The van der Waals surface area contributed by atoms with Crippen molar-refractivity contribution < 1.29 is 14.2 Å². The van der Waals surface area contributed by atoms with E-state index in [0.29, 0.717) is 12.5 Å². The summed E-state index contributed by atoms with van der Waals surface area (Å²) >= 11 is 0. The van der Waals surface area contributed by atoms with Gasteiger partial charge in [-0.25, -0.2) is 0 Å². The molecule has 4 aromatic rings. The lowest BCUT2D eigenvalue weighted by atomic mass is 9.86. The summed E-state index contributed by atoms with van der Waals surface area (Å²) in [6, 6.07) is 14.3. The molecule has 2 aromatic carbocycles. The largest absolute Gasteiger partial charge is 0.496 e. The maximum atomic E-state index is 6.36. The van der Waals surface area contributed by atoms with Crippen molar-refractivity contribution in [2.75, 3.05) is 26.8 Å². The molecule has 2 N–H and O–H groups in total. The molecule has 2 aromatic heterocycles. The molecule has 0 unspecified atom stereocenters. The van der Waals surface area contributed by atoms with Gasteiger partial charge in [-0.15, -0.1) is 0 Å². The number of H-pyrrole nitrogens is 1. The third kappa shape index (κ3) is 3.68. The van der Waals surface area contributed by atoms with Crippen molar-refractivity contribution in [3.63, 3.8) is 0 Å². The van der Waals surface area contributed by atoms with E-state index in [0.717, 1.165) is 59.8 Å². The summed E-state index contributed by atoms with van der Waals surface area (Å²) in [7, 11) is 1.75. The molecule has 0 spiro atoms. The monoisotopic (exact) mass is 443 g/mol. The van der Waals surface area contributed by atoms with Gasteiger partial charge in [-0.05, 0) is 80.6 Å². The van der Waals surface area contributed by atoms with E-state index in [1.807, 2.05) is 31.2 Å². The molecule has 6 nitrogen and oxygen atoms in total. The van der Waals surface area contributed by atoms with E-state index in [4.69, 9.17) is 14.2 Å². The molecule has 1 aliphatic carbocycles. The van der Waals surface area contributed by atoms with E-state index in [9.17, 15) is 0 Å². The predicted octanol–water partition coefficient (Wildman–Crippen LogP) is 4.57. The first-order valence-corrected chi connectivity index (χ1v) is 11.8. The molecule has 0 saturated heterocycles. The van der Waals surface area contributed by atoms with Gasteiger partial charge in [0.1, 0.15) is 18.5 Å². The van der Waals surface area contributed by atoms with Gasteiger partial charge in [0.25, 0.3) is 0 Å². The van der Waals surface area contributed by atoms with Gasteiger partial charge in [0.15, 0.2) is 11.5 Å². The van der Waals surface area contributed by atoms with E-state index in [-0.39, 0.29) is 6.10 Å².